The molecule has 0 unspecified atom stereocenters. The summed E-state index contributed by atoms with van der Waals surface area (Å²) in [5, 5.41) is 0. The SMILES string of the molecule is CC[C@H]1CC=C2[C@@H]3C=CC4=CCCC[C@]4(C)[C@H]3CC[C@@]21C. The third-order valence-electron chi connectivity index (χ3n) is 7.67. The average molecular weight is 282 g/mol. The monoisotopic (exact) mass is 282 g/mol. The van der Waals surface area contributed by atoms with E-state index in [2.05, 4.69) is 45.1 Å². The summed E-state index contributed by atoms with van der Waals surface area (Å²) in [6.07, 6.45) is 19.9. The van der Waals surface area contributed by atoms with E-state index in [0.29, 0.717) is 10.8 Å². The number of fused-ring (bicyclic) bond motifs is 5. The Morgan fingerprint density at radius 2 is 2.00 bits per heavy atom. The fourth-order valence-corrected chi connectivity index (χ4v) is 6.25. The largest absolute Gasteiger partial charge is 0.0839 e. The van der Waals surface area contributed by atoms with Crippen LogP contribution in [0.15, 0.2) is 35.5 Å². The van der Waals surface area contributed by atoms with Crippen molar-refractivity contribution in [2.75, 3.05) is 0 Å². The lowest BCUT2D eigenvalue weighted by atomic mass is 9.50. The molecule has 114 valence electrons. The van der Waals surface area contributed by atoms with Gasteiger partial charge in [-0.25, -0.2) is 0 Å². The highest BCUT2D eigenvalue weighted by molar-refractivity contribution is 5.41. The molecule has 0 amide bonds. The molecule has 1 saturated carbocycles. The van der Waals surface area contributed by atoms with Crippen molar-refractivity contribution < 1.29 is 0 Å². The maximum atomic E-state index is 2.64. The average Bonchev–Trinajstić information content (AvgIpc) is 2.83. The molecule has 0 radical (unpaired) electrons. The van der Waals surface area contributed by atoms with Crippen molar-refractivity contribution in [3.63, 3.8) is 0 Å². The van der Waals surface area contributed by atoms with Crippen LogP contribution in [0.3, 0.4) is 0 Å². The molecule has 4 aliphatic rings. The lowest BCUT2D eigenvalue weighted by Crippen LogP contribution is -2.45. The Morgan fingerprint density at radius 1 is 1.14 bits per heavy atom. The minimum atomic E-state index is 0.462. The Balaban J connectivity index is 1.75. The molecule has 1 fully saturated rings. The molecule has 0 aromatic rings. The van der Waals surface area contributed by atoms with Crippen LogP contribution in [0.4, 0.5) is 0 Å². The van der Waals surface area contributed by atoms with E-state index in [1.165, 1.54) is 44.9 Å². The van der Waals surface area contributed by atoms with Crippen LogP contribution in [0.25, 0.3) is 0 Å². The maximum Gasteiger partial charge on any atom is 0.00222 e. The second-order valence-corrected chi connectivity index (χ2v) is 8.42. The van der Waals surface area contributed by atoms with Crippen molar-refractivity contribution in [2.45, 2.75) is 65.7 Å². The highest BCUT2D eigenvalue weighted by atomic mass is 14.6. The van der Waals surface area contributed by atoms with Crippen LogP contribution in [-0.4, -0.2) is 0 Å². The van der Waals surface area contributed by atoms with Gasteiger partial charge in [0, 0.05) is 5.92 Å². The van der Waals surface area contributed by atoms with Gasteiger partial charge < -0.3 is 0 Å². The van der Waals surface area contributed by atoms with Gasteiger partial charge in [-0.15, -0.1) is 0 Å². The van der Waals surface area contributed by atoms with E-state index < -0.39 is 0 Å². The minimum absolute atomic E-state index is 0.462. The summed E-state index contributed by atoms with van der Waals surface area (Å²) in [6, 6.07) is 0. The molecule has 0 aliphatic heterocycles. The Bertz CT molecular complexity index is 534. The lowest BCUT2D eigenvalue weighted by molar-refractivity contribution is 0.0773. The van der Waals surface area contributed by atoms with Gasteiger partial charge in [0.2, 0.25) is 0 Å². The third-order valence-corrected chi connectivity index (χ3v) is 7.67. The Kier molecular flexibility index (Phi) is 3.04. The van der Waals surface area contributed by atoms with E-state index in [1.54, 1.807) is 5.57 Å². The van der Waals surface area contributed by atoms with E-state index in [9.17, 15) is 0 Å². The number of rotatable bonds is 1. The topological polar surface area (TPSA) is 0 Å². The fourth-order valence-electron chi connectivity index (χ4n) is 6.25. The van der Waals surface area contributed by atoms with E-state index >= 15 is 0 Å². The molecule has 5 atom stereocenters. The van der Waals surface area contributed by atoms with Gasteiger partial charge in [-0.1, -0.05) is 57.1 Å². The van der Waals surface area contributed by atoms with E-state index in [0.717, 1.165) is 17.8 Å². The highest BCUT2D eigenvalue weighted by Gasteiger charge is 2.53. The van der Waals surface area contributed by atoms with Crippen molar-refractivity contribution in [1.82, 2.24) is 0 Å². The Hall–Kier alpha value is -0.780. The van der Waals surface area contributed by atoms with Crippen LogP contribution < -0.4 is 0 Å². The Morgan fingerprint density at radius 3 is 2.81 bits per heavy atom. The first-order valence-electron chi connectivity index (χ1n) is 9.19. The van der Waals surface area contributed by atoms with Gasteiger partial charge >= 0.3 is 0 Å². The summed E-state index contributed by atoms with van der Waals surface area (Å²) >= 11 is 0. The van der Waals surface area contributed by atoms with E-state index in [4.69, 9.17) is 0 Å². The molecule has 4 aliphatic carbocycles. The molecule has 0 bridgehead atoms. The molecule has 0 spiro atoms. The summed E-state index contributed by atoms with van der Waals surface area (Å²) in [5.74, 6) is 2.50. The second kappa shape index (κ2) is 4.61. The van der Waals surface area contributed by atoms with Crippen LogP contribution >= 0.6 is 0 Å². The maximum absolute atomic E-state index is 2.64. The van der Waals surface area contributed by atoms with Gasteiger partial charge in [-0.05, 0) is 66.8 Å². The molecule has 21 heavy (non-hydrogen) atoms. The van der Waals surface area contributed by atoms with Gasteiger partial charge in [0.15, 0.2) is 0 Å². The van der Waals surface area contributed by atoms with Crippen LogP contribution in [0.1, 0.15) is 65.7 Å². The van der Waals surface area contributed by atoms with Crippen molar-refractivity contribution >= 4 is 0 Å². The van der Waals surface area contributed by atoms with E-state index in [-0.39, 0.29) is 0 Å². The number of hydrogen-bond donors (Lipinski definition) is 0. The smallest absolute Gasteiger partial charge is 0.00222 e. The first-order chi connectivity index (χ1) is 10.1. The molecule has 0 nitrogen and oxygen atoms in total. The van der Waals surface area contributed by atoms with E-state index in [1.807, 2.05) is 5.57 Å². The van der Waals surface area contributed by atoms with Crippen LogP contribution in [0.2, 0.25) is 0 Å². The summed E-state index contributed by atoms with van der Waals surface area (Å²) < 4.78 is 0. The molecule has 4 rings (SSSR count). The summed E-state index contributed by atoms with van der Waals surface area (Å²) in [7, 11) is 0. The molecule has 0 aromatic carbocycles. The molecule has 0 saturated heterocycles. The standard InChI is InChI=1S/C21H30/c1-4-15-9-11-18-17-10-8-16-7-5-6-13-20(16,2)19(17)12-14-21(15,18)3/h7-8,10-11,15,17,19H,4-6,9,12-14H2,1-3H3/t15-,17-,19-,20-,21+/m0/s1. The van der Waals surface area contributed by atoms with Crippen molar-refractivity contribution in [2.24, 2.45) is 28.6 Å². The first-order valence-corrected chi connectivity index (χ1v) is 9.19. The predicted molar refractivity (Wildman–Crippen MR) is 90.0 cm³/mol. The van der Waals surface area contributed by atoms with Crippen LogP contribution in [0.5, 0.6) is 0 Å². The quantitative estimate of drug-likeness (QED) is 0.513. The summed E-state index contributed by atoms with van der Waals surface area (Å²) in [6.45, 7) is 7.52. The molecular weight excluding hydrogens is 252 g/mol. The first kappa shape index (κ1) is 13.9. The van der Waals surface area contributed by atoms with Gasteiger partial charge in [-0.3, -0.25) is 0 Å². The van der Waals surface area contributed by atoms with Crippen molar-refractivity contribution in [3.05, 3.63) is 35.5 Å². The molecule has 0 heteroatoms. The zero-order valence-corrected chi connectivity index (χ0v) is 14.0. The molecule has 0 N–H and O–H groups in total. The predicted octanol–water partition coefficient (Wildman–Crippen LogP) is 6.06. The molecule has 0 heterocycles. The van der Waals surface area contributed by atoms with Gasteiger partial charge in [0.25, 0.3) is 0 Å². The van der Waals surface area contributed by atoms with Crippen LogP contribution in [0, 0.1) is 28.6 Å². The second-order valence-electron chi connectivity index (χ2n) is 8.42. The van der Waals surface area contributed by atoms with Gasteiger partial charge in [0.05, 0.1) is 0 Å². The van der Waals surface area contributed by atoms with Crippen molar-refractivity contribution in [1.29, 1.82) is 0 Å². The minimum Gasteiger partial charge on any atom is -0.0839 e. The third kappa shape index (κ3) is 1.74. The van der Waals surface area contributed by atoms with Gasteiger partial charge in [-0.2, -0.15) is 0 Å². The van der Waals surface area contributed by atoms with Gasteiger partial charge in [0.1, 0.15) is 0 Å². The van der Waals surface area contributed by atoms with Crippen LogP contribution in [-0.2, 0) is 0 Å². The normalized spacial score (nSPS) is 48.0. The fraction of sp³-hybridized carbons (Fsp3) is 0.714. The Labute approximate surface area is 130 Å². The lowest BCUT2D eigenvalue weighted by Gasteiger charge is -2.54. The zero-order valence-electron chi connectivity index (χ0n) is 14.0. The highest BCUT2D eigenvalue weighted by Crippen LogP contribution is 2.63. The number of hydrogen-bond acceptors (Lipinski definition) is 0. The zero-order chi connectivity index (χ0) is 14.7. The summed E-state index contributed by atoms with van der Waals surface area (Å²) in [5.41, 5.74) is 4.44. The molecule has 0 aromatic heterocycles. The summed E-state index contributed by atoms with van der Waals surface area (Å²) in [4.78, 5) is 0. The number of allylic oxidation sites excluding steroid dienone is 6. The van der Waals surface area contributed by atoms with Crippen molar-refractivity contribution in [3.8, 4) is 0 Å². The molecular formula is C21H30.